The maximum absolute atomic E-state index is 13.8. The summed E-state index contributed by atoms with van der Waals surface area (Å²) in [6.07, 6.45) is 0.851. The third-order valence-corrected chi connectivity index (χ3v) is 4.08. The summed E-state index contributed by atoms with van der Waals surface area (Å²) in [7, 11) is 0. The molecule has 5 heteroatoms. The van der Waals surface area contributed by atoms with Crippen LogP contribution >= 0.6 is 11.8 Å². The van der Waals surface area contributed by atoms with Crippen LogP contribution in [0.3, 0.4) is 0 Å². The Balaban J connectivity index is 2.14. The smallest absolute Gasteiger partial charge is 0.168 e. The van der Waals surface area contributed by atoms with Crippen molar-refractivity contribution in [2.24, 2.45) is 0 Å². The van der Waals surface area contributed by atoms with Crippen molar-refractivity contribution < 1.29 is 8.78 Å². The first-order valence-corrected chi connectivity index (χ1v) is 7.87. The minimum absolute atomic E-state index is 0.116. The van der Waals surface area contributed by atoms with Crippen molar-refractivity contribution in [1.82, 2.24) is 4.98 Å². The van der Waals surface area contributed by atoms with Gasteiger partial charge in [0.05, 0.1) is 0 Å². The van der Waals surface area contributed by atoms with Crippen molar-refractivity contribution in [1.29, 1.82) is 0 Å². The van der Waals surface area contributed by atoms with Crippen LogP contribution in [0.1, 0.15) is 24.5 Å². The Kier molecular flexibility index (Phi) is 5.56. The molecule has 0 unspecified atom stereocenters. The minimum atomic E-state index is -0.652. The Morgan fingerprint density at radius 3 is 2.67 bits per heavy atom. The van der Waals surface area contributed by atoms with Gasteiger partial charge in [0, 0.05) is 18.4 Å². The lowest BCUT2D eigenvalue weighted by Crippen LogP contribution is -2.06. The van der Waals surface area contributed by atoms with E-state index < -0.39 is 11.6 Å². The highest BCUT2D eigenvalue weighted by Gasteiger charge is 2.12. The Hall–Kier alpha value is -1.62. The molecule has 1 aromatic heterocycles. The summed E-state index contributed by atoms with van der Waals surface area (Å²) in [6.45, 7) is 4.60. The van der Waals surface area contributed by atoms with Crippen LogP contribution in [0.25, 0.3) is 0 Å². The monoisotopic (exact) mass is 308 g/mol. The molecule has 21 heavy (non-hydrogen) atoms. The molecule has 1 N–H and O–H groups in total. The maximum atomic E-state index is 13.8. The second kappa shape index (κ2) is 7.41. The molecule has 0 aliphatic rings. The number of anilines is 1. The van der Waals surface area contributed by atoms with Crippen molar-refractivity contribution in [2.75, 3.05) is 11.9 Å². The van der Waals surface area contributed by atoms with E-state index in [0.29, 0.717) is 12.3 Å². The average Bonchev–Trinajstić information content (AvgIpc) is 2.47. The van der Waals surface area contributed by atoms with Crippen LogP contribution < -0.4 is 5.32 Å². The van der Waals surface area contributed by atoms with Gasteiger partial charge in [-0.2, -0.15) is 0 Å². The van der Waals surface area contributed by atoms with E-state index in [1.54, 1.807) is 0 Å². The van der Waals surface area contributed by atoms with Crippen LogP contribution in [0.15, 0.2) is 35.4 Å². The summed E-state index contributed by atoms with van der Waals surface area (Å²) >= 11 is 1.28. The molecule has 0 spiro atoms. The first-order chi connectivity index (χ1) is 10.1. The Morgan fingerprint density at radius 1 is 1.19 bits per heavy atom. The molecular formula is C16H18F2N2S. The van der Waals surface area contributed by atoms with Gasteiger partial charge in [0.1, 0.15) is 5.03 Å². The van der Waals surface area contributed by atoms with E-state index in [2.05, 4.69) is 10.3 Å². The number of aromatic nitrogens is 1. The molecule has 0 saturated carbocycles. The zero-order chi connectivity index (χ0) is 15.2. The first-order valence-electron chi connectivity index (χ1n) is 6.89. The van der Waals surface area contributed by atoms with Gasteiger partial charge in [-0.05, 0) is 24.5 Å². The first kappa shape index (κ1) is 15.8. The summed E-state index contributed by atoms with van der Waals surface area (Å²) in [5.41, 5.74) is 2.27. The molecule has 0 fully saturated rings. The normalized spacial score (nSPS) is 10.7. The fourth-order valence-electron chi connectivity index (χ4n) is 1.84. The predicted molar refractivity (Wildman–Crippen MR) is 83.7 cm³/mol. The lowest BCUT2D eigenvalue weighted by Gasteiger charge is -2.09. The molecule has 1 aromatic carbocycles. The molecule has 0 amide bonds. The van der Waals surface area contributed by atoms with E-state index in [0.717, 1.165) is 23.6 Å². The van der Waals surface area contributed by atoms with Gasteiger partial charge in [-0.25, -0.2) is 13.8 Å². The molecule has 2 aromatic rings. The lowest BCUT2D eigenvalue weighted by molar-refractivity contribution is 0.551. The molecule has 2 nitrogen and oxygen atoms in total. The number of aryl methyl sites for hydroxylation is 1. The number of nitrogens with zero attached hydrogens (tertiary/aromatic N) is 1. The molecule has 0 atom stereocenters. The highest BCUT2D eigenvalue weighted by molar-refractivity contribution is 7.98. The minimum Gasteiger partial charge on any atom is -0.368 e. The van der Waals surface area contributed by atoms with Crippen LogP contribution in [-0.4, -0.2) is 11.5 Å². The van der Waals surface area contributed by atoms with E-state index in [-0.39, 0.29) is 10.8 Å². The van der Waals surface area contributed by atoms with E-state index in [1.165, 1.54) is 11.8 Å². The molecule has 0 radical (unpaired) electrons. The van der Waals surface area contributed by atoms with Crippen LogP contribution in [0.2, 0.25) is 0 Å². The zero-order valence-corrected chi connectivity index (χ0v) is 12.9. The molecule has 0 saturated heterocycles. The van der Waals surface area contributed by atoms with Crippen LogP contribution in [0.5, 0.6) is 0 Å². The summed E-state index contributed by atoms with van der Waals surface area (Å²) in [5, 5.41) is 3.09. The molecular weight excluding hydrogens is 290 g/mol. The van der Waals surface area contributed by atoms with E-state index >= 15 is 0 Å². The van der Waals surface area contributed by atoms with Gasteiger partial charge in [0.2, 0.25) is 0 Å². The number of nitrogens with one attached hydrogen (secondary N) is 1. The fourth-order valence-corrected chi connectivity index (χ4v) is 2.81. The van der Waals surface area contributed by atoms with Crippen LogP contribution in [0.4, 0.5) is 14.6 Å². The van der Waals surface area contributed by atoms with Gasteiger partial charge < -0.3 is 5.32 Å². The fraction of sp³-hybridized carbons (Fsp3) is 0.312. The number of hydrogen-bond acceptors (Lipinski definition) is 3. The Bertz CT molecular complexity index is 617. The van der Waals surface area contributed by atoms with Gasteiger partial charge in [0.25, 0.3) is 0 Å². The number of benzene rings is 1. The summed E-state index contributed by atoms with van der Waals surface area (Å²) in [4.78, 5) is 4.06. The number of thioether (sulfide) groups is 1. The largest absolute Gasteiger partial charge is 0.368 e. The highest BCUT2D eigenvalue weighted by Crippen LogP contribution is 2.27. The predicted octanol–water partition coefficient (Wildman–Crippen LogP) is 4.78. The zero-order valence-electron chi connectivity index (χ0n) is 12.1. The Labute approximate surface area is 128 Å². The van der Waals surface area contributed by atoms with Gasteiger partial charge >= 0.3 is 0 Å². The topological polar surface area (TPSA) is 24.9 Å². The van der Waals surface area contributed by atoms with E-state index in [9.17, 15) is 8.78 Å². The molecule has 0 aliphatic heterocycles. The number of rotatable bonds is 6. The molecule has 0 aliphatic carbocycles. The number of halogens is 2. The highest BCUT2D eigenvalue weighted by atomic mass is 32.2. The standard InChI is InChI=1S/C16H18F2N2S/c1-3-8-19-15-13(17)9-14(18)16(20-15)21-10-12-7-5-4-6-11(12)2/h4-7,9H,3,8,10H2,1-2H3,(H,19,20). The summed E-state index contributed by atoms with van der Waals surface area (Å²) in [6, 6.07) is 8.82. The van der Waals surface area contributed by atoms with Gasteiger partial charge in [-0.15, -0.1) is 0 Å². The van der Waals surface area contributed by atoms with Crippen LogP contribution in [-0.2, 0) is 5.75 Å². The molecule has 0 bridgehead atoms. The SMILES string of the molecule is CCCNc1nc(SCc2ccccc2C)c(F)cc1F. The second-order valence-corrected chi connectivity index (χ2v) is 5.71. The van der Waals surface area contributed by atoms with E-state index in [4.69, 9.17) is 0 Å². The van der Waals surface area contributed by atoms with Crippen molar-refractivity contribution in [3.05, 3.63) is 53.1 Å². The molecule has 112 valence electrons. The average molecular weight is 308 g/mol. The van der Waals surface area contributed by atoms with Crippen LogP contribution in [0, 0.1) is 18.6 Å². The number of pyridine rings is 1. The van der Waals surface area contributed by atoms with Crippen molar-refractivity contribution in [2.45, 2.75) is 31.0 Å². The Morgan fingerprint density at radius 2 is 1.95 bits per heavy atom. The second-order valence-electron chi connectivity index (χ2n) is 4.75. The molecule has 1 heterocycles. The quantitative estimate of drug-likeness (QED) is 0.777. The van der Waals surface area contributed by atoms with E-state index in [1.807, 2.05) is 38.1 Å². The number of hydrogen-bond donors (Lipinski definition) is 1. The lowest BCUT2D eigenvalue weighted by atomic mass is 10.1. The maximum Gasteiger partial charge on any atom is 0.168 e. The summed E-state index contributed by atoms with van der Waals surface area (Å²) in [5.74, 6) is -0.546. The van der Waals surface area contributed by atoms with Crippen molar-refractivity contribution in [3.8, 4) is 0 Å². The van der Waals surface area contributed by atoms with Gasteiger partial charge in [0.15, 0.2) is 17.5 Å². The summed E-state index contributed by atoms with van der Waals surface area (Å²) < 4.78 is 27.4. The van der Waals surface area contributed by atoms with Crippen molar-refractivity contribution in [3.63, 3.8) is 0 Å². The van der Waals surface area contributed by atoms with Gasteiger partial charge in [-0.3, -0.25) is 0 Å². The third-order valence-electron chi connectivity index (χ3n) is 3.07. The molecule has 2 rings (SSSR count). The van der Waals surface area contributed by atoms with Crippen molar-refractivity contribution >= 4 is 17.6 Å². The van der Waals surface area contributed by atoms with Gasteiger partial charge in [-0.1, -0.05) is 43.0 Å². The third kappa shape index (κ3) is 4.17.